The van der Waals surface area contributed by atoms with Gasteiger partial charge in [-0.15, -0.1) is 0 Å². The van der Waals surface area contributed by atoms with E-state index in [4.69, 9.17) is 9.84 Å². The van der Waals surface area contributed by atoms with Gasteiger partial charge in [0.15, 0.2) is 0 Å². The molecular formula is C12H17NO3. The number of nitrogens with zero attached hydrogens (tertiary/aromatic N) is 1. The Morgan fingerprint density at radius 1 is 1.38 bits per heavy atom. The Bertz CT molecular complexity index is 335. The third-order valence-corrected chi connectivity index (χ3v) is 2.24. The highest BCUT2D eigenvalue weighted by molar-refractivity contribution is 5.85. The van der Waals surface area contributed by atoms with Crippen LogP contribution in [0, 0.1) is 6.92 Å². The standard InChI is InChI=1S/C12H17NO3/c1-3-16-9-8-13(12(14)15)11-6-4-10(2)5-7-11/h4-7H,3,8-9H2,1-2H3,(H,14,15). The summed E-state index contributed by atoms with van der Waals surface area (Å²) in [5.74, 6) is 0. The maximum Gasteiger partial charge on any atom is 0.411 e. The van der Waals surface area contributed by atoms with Crippen LogP contribution >= 0.6 is 0 Å². The van der Waals surface area contributed by atoms with Gasteiger partial charge in [-0.1, -0.05) is 17.7 Å². The van der Waals surface area contributed by atoms with E-state index in [-0.39, 0.29) is 0 Å². The molecule has 1 aromatic carbocycles. The van der Waals surface area contributed by atoms with Crippen molar-refractivity contribution in [3.63, 3.8) is 0 Å². The molecule has 1 amide bonds. The second kappa shape index (κ2) is 6.12. The lowest BCUT2D eigenvalue weighted by atomic mass is 10.2. The van der Waals surface area contributed by atoms with Gasteiger partial charge in [-0.2, -0.15) is 0 Å². The van der Waals surface area contributed by atoms with E-state index in [1.54, 1.807) is 12.1 Å². The van der Waals surface area contributed by atoms with Crippen molar-refractivity contribution in [2.75, 3.05) is 24.7 Å². The van der Waals surface area contributed by atoms with Crippen LogP contribution < -0.4 is 4.90 Å². The average Bonchev–Trinajstić information content (AvgIpc) is 2.26. The second-order valence-electron chi connectivity index (χ2n) is 3.47. The molecule has 0 aliphatic carbocycles. The first kappa shape index (κ1) is 12.5. The van der Waals surface area contributed by atoms with Gasteiger partial charge < -0.3 is 9.84 Å². The van der Waals surface area contributed by atoms with Gasteiger partial charge in [0, 0.05) is 12.3 Å². The monoisotopic (exact) mass is 223 g/mol. The average molecular weight is 223 g/mol. The van der Waals surface area contributed by atoms with E-state index in [1.807, 2.05) is 26.0 Å². The van der Waals surface area contributed by atoms with Crippen molar-refractivity contribution >= 4 is 11.8 Å². The molecule has 4 heteroatoms. The van der Waals surface area contributed by atoms with E-state index in [0.29, 0.717) is 25.4 Å². The Kier molecular flexibility index (Phi) is 4.79. The van der Waals surface area contributed by atoms with Crippen LogP contribution in [0.5, 0.6) is 0 Å². The SMILES string of the molecule is CCOCCN(C(=O)O)c1ccc(C)cc1. The number of amides is 1. The third kappa shape index (κ3) is 3.55. The van der Waals surface area contributed by atoms with Crippen LogP contribution in [0.3, 0.4) is 0 Å². The molecule has 0 atom stereocenters. The van der Waals surface area contributed by atoms with Crippen LogP contribution in [-0.4, -0.2) is 31.0 Å². The minimum Gasteiger partial charge on any atom is -0.465 e. The molecule has 0 bridgehead atoms. The van der Waals surface area contributed by atoms with Crippen LogP contribution in [-0.2, 0) is 4.74 Å². The van der Waals surface area contributed by atoms with Gasteiger partial charge in [-0.05, 0) is 26.0 Å². The van der Waals surface area contributed by atoms with Crippen LogP contribution in [0.2, 0.25) is 0 Å². The molecular weight excluding hydrogens is 206 g/mol. The Morgan fingerprint density at radius 3 is 2.50 bits per heavy atom. The van der Waals surface area contributed by atoms with Crippen molar-refractivity contribution < 1.29 is 14.6 Å². The summed E-state index contributed by atoms with van der Waals surface area (Å²) in [6.45, 7) is 5.22. The van der Waals surface area contributed by atoms with Gasteiger partial charge in [0.05, 0.1) is 13.2 Å². The number of carbonyl (C=O) groups is 1. The zero-order valence-electron chi connectivity index (χ0n) is 9.64. The normalized spacial score (nSPS) is 10.1. The smallest absolute Gasteiger partial charge is 0.411 e. The Balaban J connectivity index is 2.69. The summed E-state index contributed by atoms with van der Waals surface area (Å²) in [5.41, 5.74) is 1.79. The molecule has 0 spiro atoms. The van der Waals surface area contributed by atoms with Gasteiger partial charge >= 0.3 is 6.09 Å². The van der Waals surface area contributed by atoms with Crippen molar-refractivity contribution in [2.24, 2.45) is 0 Å². The molecule has 0 fully saturated rings. The predicted molar refractivity (Wildman–Crippen MR) is 63.0 cm³/mol. The Hall–Kier alpha value is -1.55. The molecule has 88 valence electrons. The van der Waals surface area contributed by atoms with Crippen LogP contribution in [0.4, 0.5) is 10.5 Å². The van der Waals surface area contributed by atoms with Gasteiger partial charge in [0.1, 0.15) is 0 Å². The first-order valence-corrected chi connectivity index (χ1v) is 5.30. The Labute approximate surface area is 95.5 Å². The van der Waals surface area contributed by atoms with Crippen LogP contribution in [0.15, 0.2) is 24.3 Å². The largest absolute Gasteiger partial charge is 0.465 e. The molecule has 0 radical (unpaired) electrons. The van der Waals surface area contributed by atoms with Gasteiger partial charge in [0.25, 0.3) is 0 Å². The fraction of sp³-hybridized carbons (Fsp3) is 0.417. The molecule has 1 rings (SSSR count). The Morgan fingerprint density at radius 2 is 2.00 bits per heavy atom. The van der Waals surface area contributed by atoms with E-state index in [2.05, 4.69) is 0 Å². The number of anilines is 1. The zero-order valence-corrected chi connectivity index (χ0v) is 9.64. The summed E-state index contributed by atoms with van der Waals surface area (Å²) >= 11 is 0. The summed E-state index contributed by atoms with van der Waals surface area (Å²) in [4.78, 5) is 12.3. The lowest BCUT2D eigenvalue weighted by Crippen LogP contribution is -2.32. The number of ether oxygens (including phenoxy) is 1. The molecule has 0 aliphatic heterocycles. The van der Waals surface area contributed by atoms with Gasteiger partial charge in [0.2, 0.25) is 0 Å². The minimum atomic E-state index is -0.955. The number of rotatable bonds is 5. The molecule has 16 heavy (non-hydrogen) atoms. The van der Waals surface area contributed by atoms with Crippen LogP contribution in [0.1, 0.15) is 12.5 Å². The number of aryl methyl sites for hydroxylation is 1. The number of carboxylic acid groups (broad SMARTS) is 1. The highest BCUT2D eigenvalue weighted by Crippen LogP contribution is 2.14. The minimum absolute atomic E-state index is 0.353. The van der Waals surface area contributed by atoms with Crippen LogP contribution in [0.25, 0.3) is 0 Å². The number of hydrogen-bond acceptors (Lipinski definition) is 2. The van der Waals surface area contributed by atoms with Crippen molar-refractivity contribution in [3.8, 4) is 0 Å². The molecule has 0 heterocycles. The topological polar surface area (TPSA) is 49.8 Å². The fourth-order valence-electron chi connectivity index (χ4n) is 1.36. The van der Waals surface area contributed by atoms with E-state index in [9.17, 15) is 4.79 Å². The quantitative estimate of drug-likeness (QED) is 0.780. The summed E-state index contributed by atoms with van der Waals surface area (Å²) in [7, 11) is 0. The first-order valence-electron chi connectivity index (χ1n) is 5.30. The third-order valence-electron chi connectivity index (χ3n) is 2.24. The molecule has 0 aromatic heterocycles. The van der Waals surface area contributed by atoms with Crippen molar-refractivity contribution in [1.82, 2.24) is 0 Å². The number of benzene rings is 1. The highest BCUT2D eigenvalue weighted by atomic mass is 16.5. The lowest BCUT2D eigenvalue weighted by molar-refractivity contribution is 0.150. The highest BCUT2D eigenvalue weighted by Gasteiger charge is 2.13. The van der Waals surface area contributed by atoms with E-state index in [0.717, 1.165) is 5.56 Å². The maximum absolute atomic E-state index is 11.0. The zero-order chi connectivity index (χ0) is 12.0. The van der Waals surface area contributed by atoms with E-state index in [1.165, 1.54) is 4.90 Å². The molecule has 1 N–H and O–H groups in total. The van der Waals surface area contributed by atoms with Crippen molar-refractivity contribution in [1.29, 1.82) is 0 Å². The van der Waals surface area contributed by atoms with Gasteiger partial charge in [-0.3, -0.25) is 4.90 Å². The lowest BCUT2D eigenvalue weighted by Gasteiger charge is -2.19. The predicted octanol–water partition coefficient (Wildman–Crippen LogP) is 2.52. The maximum atomic E-state index is 11.0. The van der Waals surface area contributed by atoms with E-state index >= 15 is 0 Å². The molecule has 4 nitrogen and oxygen atoms in total. The van der Waals surface area contributed by atoms with E-state index < -0.39 is 6.09 Å². The molecule has 0 saturated heterocycles. The summed E-state index contributed by atoms with van der Waals surface area (Å²) in [6.07, 6.45) is -0.955. The number of hydrogen-bond donors (Lipinski definition) is 1. The molecule has 0 saturated carbocycles. The van der Waals surface area contributed by atoms with Crippen molar-refractivity contribution in [3.05, 3.63) is 29.8 Å². The molecule has 1 aromatic rings. The molecule has 0 aliphatic rings. The summed E-state index contributed by atoms with van der Waals surface area (Å²) in [6, 6.07) is 7.39. The molecule has 0 unspecified atom stereocenters. The second-order valence-corrected chi connectivity index (χ2v) is 3.47. The van der Waals surface area contributed by atoms with Crippen molar-refractivity contribution in [2.45, 2.75) is 13.8 Å². The van der Waals surface area contributed by atoms with Gasteiger partial charge in [-0.25, -0.2) is 4.79 Å². The summed E-state index contributed by atoms with van der Waals surface area (Å²) in [5, 5.41) is 9.07. The first-order chi connectivity index (χ1) is 7.65. The fourth-order valence-corrected chi connectivity index (χ4v) is 1.36. The summed E-state index contributed by atoms with van der Waals surface area (Å²) < 4.78 is 5.15.